The van der Waals surface area contributed by atoms with Crippen LogP contribution in [0.4, 0.5) is 0 Å². The van der Waals surface area contributed by atoms with E-state index >= 15 is 0 Å². The van der Waals surface area contributed by atoms with E-state index < -0.39 is 8.07 Å². The van der Waals surface area contributed by atoms with Gasteiger partial charge in [-0.2, -0.15) is 0 Å². The van der Waals surface area contributed by atoms with E-state index in [1.807, 2.05) is 24.3 Å². The monoisotopic (exact) mass is 250 g/mol. The molecule has 1 rings (SSSR count). The van der Waals surface area contributed by atoms with E-state index in [0.717, 1.165) is 11.3 Å². The predicted octanol–water partition coefficient (Wildman–Crippen LogP) is 3.93. The summed E-state index contributed by atoms with van der Waals surface area (Å²) in [5.41, 5.74) is 0.803. The zero-order chi connectivity index (χ0) is 13.3. The quantitative estimate of drug-likeness (QED) is 0.760. The third-order valence-corrected chi connectivity index (χ3v) is 8.97. The van der Waals surface area contributed by atoms with Crippen LogP contribution in [0.5, 0.6) is 5.75 Å². The zero-order valence-corrected chi connectivity index (χ0v) is 12.6. The summed E-state index contributed by atoms with van der Waals surface area (Å²) < 4.78 is 5.10. The number of carbonyl (C=O) groups is 1. The average Bonchev–Trinajstić information content (AvgIpc) is 2.26. The lowest BCUT2D eigenvalue weighted by atomic mass is 10.2. The molecular weight excluding hydrogens is 228 g/mol. The van der Waals surface area contributed by atoms with E-state index in [9.17, 15) is 4.79 Å². The molecule has 0 aliphatic heterocycles. The normalized spacial score (nSPS) is 12.4. The number of hydrogen-bond donors (Lipinski definition) is 0. The van der Waals surface area contributed by atoms with Gasteiger partial charge in [0.1, 0.15) is 19.2 Å². The maximum Gasteiger partial charge on any atom is 0.140 e. The first kappa shape index (κ1) is 14.0. The van der Waals surface area contributed by atoms with Gasteiger partial charge in [0.2, 0.25) is 0 Å². The van der Waals surface area contributed by atoms with Crippen molar-refractivity contribution in [1.29, 1.82) is 0 Å². The van der Waals surface area contributed by atoms with Gasteiger partial charge in [-0.3, -0.25) is 0 Å². The fourth-order valence-electron chi connectivity index (χ4n) is 1.44. The Morgan fingerprint density at radius 2 is 1.59 bits per heavy atom. The molecule has 0 aromatic heterocycles. The Bertz CT molecular complexity index is 399. The van der Waals surface area contributed by atoms with Crippen molar-refractivity contribution < 1.29 is 9.53 Å². The molecule has 0 aliphatic rings. The summed E-state index contributed by atoms with van der Waals surface area (Å²) in [6, 6.07) is 7.42. The highest BCUT2D eigenvalue weighted by Gasteiger charge is 2.42. The lowest BCUT2D eigenvalue weighted by molar-refractivity contribution is 0.106. The lowest BCUT2D eigenvalue weighted by Gasteiger charge is -2.35. The highest BCUT2D eigenvalue weighted by Crippen LogP contribution is 2.38. The highest BCUT2D eigenvalue weighted by atomic mass is 28.3. The lowest BCUT2D eigenvalue weighted by Crippen LogP contribution is -2.46. The molecule has 0 radical (unpaired) electrons. The summed E-state index contributed by atoms with van der Waals surface area (Å²) in [5, 5.41) is 0.386. The predicted molar refractivity (Wildman–Crippen MR) is 74.5 cm³/mol. The van der Waals surface area contributed by atoms with Gasteiger partial charge in [0.05, 0.1) is 7.11 Å². The van der Waals surface area contributed by atoms with Gasteiger partial charge in [-0.05, 0) is 29.3 Å². The number of carbonyl (C=O) groups excluding carboxylic acids is 1. The Morgan fingerprint density at radius 3 is 1.94 bits per heavy atom. The number of ether oxygens (including phenoxy) is 1. The Balaban J connectivity index is 3.04. The third-order valence-electron chi connectivity index (χ3n) is 3.79. The molecule has 1 aromatic rings. The Hall–Kier alpha value is -1.09. The molecule has 0 N–H and O–H groups in total. The summed E-state index contributed by atoms with van der Waals surface area (Å²) >= 11 is 0. The van der Waals surface area contributed by atoms with E-state index in [0.29, 0.717) is 5.41 Å². The van der Waals surface area contributed by atoms with Crippen molar-refractivity contribution in [3.05, 3.63) is 29.8 Å². The van der Waals surface area contributed by atoms with Crippen LogP contribution in [0.1, 0.15) is 31.1 Å². The summed E-state index contributed by atoms with van der Waals surface area (Å²) in [6.07, 6.45) is 0. The maximum absolute atomic E-state index is 12.5. The summed E-state index contributed by atoms with van der Waals surface area (Å²) in [4.78, 5) is 12.5. The molecule has 0 bridgehead atoms. The molecule has 0 atom stereocenters. The molecule has 0 aliphatic carbocycles. The van der Waals surface area contributed by atoms with Crippen molar-refractivity contribution in [2.75, 3.05) is 7.11 Å². The molecule has 2 nitrogen and oxygen atoms in total. The van der Waals surface area contributed by atoms with Crippen LogP contribution in [0.3, 0.4) is 0 Å². The average molecular weight is 250 g/mol. The van der Waals surface area contributed by atoms with Crippen molar-refractivity contribution in [3.63, 3.8) is 0 Å². The van der Waals surface area contributed by atoms with Crippen molar-refractivity contribution >= 4 is 13.5 Å². The number of rotatable bonds is 3. The minimum absolute atomic E-state index is 0.0734. The van der Waals surface area contributed by atoms with Crippen molar-refractivity contribution in [2.24, 2.45) is 0 Å². The summed E-state index contributed by atoms with van der Waals surface area (Å²) in [5.74, 6) is 0.789. The molecule has 0 fully saturated rings. The second kappa shape index (κ2) is 4.65. The van der Waals surface area contributed by atoms with Gasteiger partial charge >= 0.3 is 0 Å². The van der Waals surface area contributed by atoms with Gasteiger partial charge in [0.15, 0.2) is 0 Å². The van der Waals surface area contributed by atoms with Crippen molar-refractivity contribution in [3.8, 4) is 5.75 Å². The van der Waals surface area contributed by atoms with Crippen molar-refractivity contribution in [1.82, 2.24) is 0 Å². The fraction of sp³-hybridized carbons (Fsp3) is 0.500. The van der Waals surface area contributed by atoms with Gasteiger partial charge in [-0.25, -0.2) is 0 Å². The Labute approximate surface area is 105 Å². The fourth-order valence-corrected chi connectivity index (χ4v) is 3.01. The van der Waals surface area contributed by atoms with Gasteiger partial charge in [0.25, 0.3) is 0 Å². The molecule has 0 saturated heterocycles. The van der Waals surface area contributed by atoms with Crippen LogP contribution in [0.2, 0.25) is 18.1 Å². The largest absolute Gasteiger partial charge is 0.497 e. The van der Waals surface area contributed by atoms with Crippen LogP contribution in [0, 0.1) is 0 Å². The first-order chi connectivity index (χ1) is 7.70. The van der Waals surface area contributed by atoms with E-state index in [2.05, 4.69) is 33.9 Å². The first-order valence-electron chi connectivity index (χ1n) is 5.89. The standard InChI is InChI=1S/C14H22O2Si/c1-14(2,3)17(5,6)13(15)11-7-9-12(16-4)10-8-11/h7-10H,1-6H3. The van der Waals surface area contributed by atoms with Crippen LogP contribution in [-0.2, 0) is 0 Å². The maximum atomic E-state index is 12.5. The van der Waals surface area contributed by atoms with Crippen LogP contribution < -0.4 is 4.74 Å². The van der Waals surface area contributed by atoms with Crippen LogP contribution in [0.15, 0.2) is 24.3 Å². The van der Waals surface area contributed by atoms with E-state index in [1.54, 1.807) is 7.11 Å². The zero-order valence-electron chi connectivity index (χ0n) is 11.6. The van der Waals surface area contributed by atoms with E-state index in [-0.39, 0.29) is 5.04 Å². The molecule has 3 heteroatoms. The number of benzene rings is 1. The Kier molecular flexibility index (Phi) is 3.82. The second-order valence-corrected chi connectivity index (χ2v) is 11.1. The molecular formula is C14H22O2Si. The first-order valence-corrected chi connectivity index (χ1v) is 8.89. The number of methoxy groups -OCH3 is 1. The van der Waals surface area contributed by atoms with Crippen LogP contribution in [0.25, 0.3) is 0 Å². The summed E-state index contributed by atoms with van der Waals surface area (Å²) in [6.45, 7) is 10.7. The van der Waals surface area contributed by atoms with Crippen molar-refractivity contribution in [2.45, 2.75) is 38.9 Å². The van der Waals surface area contributed by atoms with Gasteiger partial charge in [-0.1, -0.05) is 33.9 Å². The number of hydrogen-bond acceptors (Lipinski definition) is 2. The van der Waals surface area contributed by atoms with Gasteiger partial charge in [0, 0.05) is 5.56 Å². The molecule has 0 unspecified atom stereocenters. The minimum atomic E-state index is -1.96. The third kappa shape index (κ3) is 2.78. The molecule has 0 heterocycles. The van der Waals surface area contributed by atoms with Crippen LogP contribution in [-0.4, -0.2) is 20.6 Å². The SMILES string of the molecule is COc1ccc(C(=O)[Si](C)(C)C(C)(C)C)cc1. The van der Waals surface area contributed by atoms with E-state index in [1.165, 1.54) is 0 Å². The second-order valence-electron chi connectivity index (χ2n) is 5.93. The van der Waals surface area contributed by atoms with Gasteiger partial charge in [-0.15, -0.1) is 0 Å². The molecule has 17 heavy (non-hydrogen) atoms. The Morgan fingerprint density at radius 1 is 1.12 bits per heavy atom. The summed E-state index contributed by atoms with van der Waals surface area (Å²) in [7, 11) is -0.327. The van der Waals surface area contributed by atoms with E-state index in [4.69, 9.17) is 4.74 Å². The molecule has 0 spiro atoms. The minimum Gasteiger partial charge on any atom is -0.497 e. The topological polar surface area (TPSA) is 26.3 Å². The molecule has 0 saturated carbocycles. The molecule has 94 valence electrons. The highest BCUT2D eigenvalue weighted by molar-refractivity contribution is 7.08. The smallest absolute Gasteiger partial charge is 0.140 e. The van der Waals surface area contributed by atoms with Gasteiger partial charge < -0.3 is 9.53 Å². The molecule has 0 amide bonds. The molecule has 1 aromatic carbocycles. The van der Waals surface area contributed by atoms with Crippen LogP contribution >= 0.6 is 0 Å².